The number of hydrogen-bond acceptors (Lipinski definition) is 3. The van der Waals surface area contributed by atoms with Crippen molar-refractivity contribution in [1.29, 1.82) is 0 Å². The van der Waals surface area contributed by atoms with Crippen LogP contribution < -0.4 is 5.32 Å². The molecule has 6 heteroatoms. The monoisotopic (exact) mass is 340 g/mol. The fourth-order valence-corrected chi connectivity index (χ4v) is 3.30. The van der Waals surface area contributed by atoms with E-state index in [0.29, 0.717) is 10.7 Å². The second-order valence-corrected chi connectivity index (χ2v) is 6.62. The van der Waals surface area contributed by atoms with Crippen molar-refractivity contribution in [2.24, 2.45) is 0 Å². The van der Waals surface area contributed by atoms with Gasteiger partial charge < -0.3 is 10.2 Å². The average molecular weight is 341 g/mol. The molecule has 0 aliphatic carbocycles. The molecule has 0 atom stereocenters. The van der Waals surface area contributed by atoms with Gasteiger partial charge in [-0.2, -0.15) is 5.10 Å². The Morgan fingerprint density at radius 3 is 3.00 bits per heavy atom. The maximum absolute atomic E-state index is 12.6. The van der Waals surface area contributed by atoms with E-state index < -0.39 is 0 Å². The van der Waals surface area contributed by atoms with Crippen LogP contribution in [0.1, 0.15) is 21.6 Å². The fourth-order valence-electron chi connectivity index (χ4n) is 3.13. The number of halogens is 1. The van der Waals surface area contributed by atoms with Crippen LogP contribution in [0, 0.1) is 0 Å². The first kappa shape index (κ1) is 15.2. The largest absolute Gasteiger partial charge is 0.321 e. The smallest absolute Gasteiger partial charge is 0.276 e. The van der Waals surface area contributed by atoms with Crippen LogP contribution >= 0.6 is 11.6 Å². The standard InChI is InChI=1S/C18H17ClN4O/c1-23-7-6-11-2-4-14(8-12(11)10-23)20-18(24)17-15-9-13(19)3-5-16(15)21-22-17/h2-5,8-9H,6-7,10H2,1H3,(H,20,24)(H,21,22). The summed E-state index contributed by atoms with van der Waals surface area (Å²) in [6, 6.07) is 11.4. The van der Waals surface area contributed by atoms with Crippen molar-refractivity contribution < 1.29 is 4.79 Å². The molecule has 0 radical (unpaired) electrons. The van der Waals surface area contributed by atoms with E-state index in [2.05, 4.69) is 33.5 Å². The van der Waals surface area contributed by atoms with Gasteiger partial charge in [0.25, 0.3) is 5.91 Å². The molecule has 1 aliphatic heterocycles. The summed E-state index contributed by atoms with van der Waals surface area (Å²) in [6.07, 6.45) is 1.04. The van der Waals surface area contributed by atoms with Crippen LogP contribution in [0.5, 0.6) is 0 Å². The second kappa shape index (κ2) is 5.92. The minimum atomic E-state index is -0.243. The summed E-state index contributed by atoms with van der Waals surface area (Å²) >= 11 is 6.03. The maximum atomic E-state index is 12.6. The molecular formula is C18H17ClN4O. The zero-order valence-corrected chi connectivity index (χ0v) is 14.0. The lowest BCUT2D eigenvalue weighted by molar-refractivity contribution is 0.102. The Hall–Kier alpha value is -2.37. The molecule has 4 rings (SSSR count). The molecule has 0 spiro atoms. The summed E-state index contributed by atoms with van der Waals surface area (Å²) in [7, 11) is 2.10. The predicted molar refractivity (Wildman–Crippen MR) is 95.5 cm³/mol. The average Bonchev–Trinajstić information content (AvgIpc) is 2.97. The van der Waals surface area contributed by atoms with Crippen molar-refractivity contribution in [3.63, 3.8) is 0 Å². The normalized spacial score (nSPS) is 14.6. The Bertz CT molecular complexity index is 934. The van der Waals surface area contributed by atoms with Crippen molar-refractivity contribution >= 4 is 34.1 Å². The van der Waals surface area contributed by atoms with Gasteiger partial charge in [0.1, 0.15) is 0 Å². The number of H-pyrrole nitrogens is 1. The highest BCUT2D eigenvalue weighted by atomic mass is 35.5. The van der Waals surface area contributed by atoms with E-state index in [1.54, 1.807) is 12.1 Å². The number of aromatic nitrogens is 2. The Balaban J connectivity index is 1.62. The minimum Gasteiger partial charge on any atom is -0.321 e. The molecule has 2 aromatic carbocycles. The molecule has 0 saturated heterocycles. The molecule has 1 aliphatic rings. The highest BCUT2D eigenvalue weighted by molar-refractivity contribution is 6.31. The van der Waals surface area contributed by atoms with Crippen LogP contribution in [-0.4, -0.2) is 34.6 Å². The SMILES string of the molecule is CN1CCc2ccc(NC(=O)c3n[nH]c4ccc(Cl)cc34)cc2C1. The molecule has 1 aromatic heterocycles. The van der Waals surface area contributed by atoms with Gasteiger partial charge in [0.05, 0.1) is 5.52 Å². The third-order valence-corrected chi connectivity index (χ3v) is 4.64. The third-order valence-electron chi connectivity index (χ3n) is 4.41. The lowest BCUT2D eigenvalue weighted by atomic mass is 9.99. The molecule has 122 valence electrons. The van der Waals surface area contributed by atoms with Gasteiger partial charge in [0.2, 0.25) is 0 Å². The Labute approximate surface area is 144 Å². The van der Waals surface area contributed by atoms with E-state index >= 15 is 0 Å². The number of benzene rings is 2. The highest BCUT2D eigenvalue weighted by Gasteiger charge is 2.17. The number of aromatic amines is 1. The third kappa shape index (κ3) is 2.77. The van der Waals surface area contributed by atoms with Gasteiger partial charge in [-0.25, -0.2) is 0 Å². The topological polar surface area (TPSA) is 61.0 Å². The summed E-state index contributed by atoms with van der Waals surface area (Å²) in [5.41, 5.74) is 4.53. The van der Waals surface area contributed by atoms with Crippen LogP contribution in [0.2, 0.25) is 5.02 Å². The van der Waals surface area contributed by atoms with Crippen LogP contribution in [0.4, 0.5) is 5.69 Å². The van der Waals surface area contributed by atoms with Gasteiger partial charge in [-0.05, 0) is 54.9 Å². The lowest BCUT2D eigenvalue weighted by Gasteiger charge is -2.25. The molecule has 0 unspecified atom stereocenters. The number of fused-ring (bicyclic) bond motifs is 2. The number of likely N-dealkylation sites (N-methyl/N-ethyl adjacent to an activating group) is 1. The second-order valence-electron chi connectivity index (χ2n) is 6.19. The van der Waals surface area contributed by atoms with Gasteiger partial charge in [-0.15, -0.1) is 0 Å². The first-order valence-electron chi connectivity index (χ1n) is 7.85. The molecule has 1 amide bonds. The van der Waals surface area contributed by atoms with Gasteiger partial charge in [0.15, 0.2) is 5.69 Å². The van der Waals surface area contributed by atoms with Gasteiger partial charge in [0, 0.05) is 29.2 Å². The summed E-state index contributed by atoms with van der Waals surface area (Å²) in [6.45, 7) is 1.97. The molecule has 0 fully saturated rings. The van der Waals surface area contributed by atoms with Crippen LogP contribution in [-0.2, 0) is 13.0 Å². The molecular weight excluding hydrogens is 324 g/mol. The van der Waals surface area contributed by atoms with E-state index in [4.69, 9.17) is 11.6 Å². The van der Waals surface area contributed by atoms with E-state index in [9.17, 15) is 4.79 Å². The number of carbonyl (C=O) groups excluding carboxylic acids is 1. The number of carbonyl (C=O) groups is 1. The van der Waals surface area contributed by atoms with Gasteiger partial charge in [-0.3, -0.25) is 9.89 Å². The van der Waals surface area contributed by atoms with E-state index in [1.807, 2.05) is 18.2 Å². The van der Waals surface area contributed by atoms with E-state index in [1.165, 1.54) is 11.1 Å². The number of nitrogens with zero attached hydrogens (tertiary/aromatic N) is 2. The van der Waals surface area contributed by atoms with Crippen molar-refractivity contribution in [2.45, 2.75) is 13.0 Å². The summed E-state index contributed by atoms with van der Waals surface area (Å²) in [5, 5.41) is 11.2. The molecule has 5 nitrogen and oxygen atoms in total. The molecule has 0 bridgehead atoms. The van der Waals surface area contributed by atoms with Crippen molar-refractivity contribution in [2.75, 3.05) is 18.9 Å². The summed E-state index contributed by atoms with van der Waals surface area (Å²) < 4.78 is 0. The lowest BCUT2D eigenvalue weighted by Crippen LogP contribution is -2.26. The number of hydrogen-bond donors (Lipinski definition) is 2. The first-order chi connectivity index (χ1) is 11.6. The molecule has 3 aromatic rings. The zero-order chi connectivity index (χ0) is 16.7. The predicted octanol–water partition coefficient (Wildman–Crippen LogP) is 3.46. The Morgan fingerprint density at radius 2 is 2.12 bits per heavy atom. The number of amides is 1. The van der Waals surface area contributed by atoms with E-state index in [-0.39, 0.29) is 5.91 Å². The van der Waals surface area contributed by atoms with Gasteiger partial charge in [-0.1, -0.05) is 17.7 Å². The maximum Gasteiger partial charge on any atom is 0.276 e. The molecule has 24 heavy (non-hydrogen) atoms. The summed E-state index contributed by atoms with van der Waals surface area (Å²) in [4.78, 5) is 14.9. The van der Waals surface area contributed by atoms with Gasteiger partial charge >= 0.3 is 0 Å². The van der Waals surface area contributed by atoms with Crippen molar-refractivity contribution in [1.82, 2.24) is 15.1 Å². The van der Waals surface area contributed by atoms with Crippen LogP contribution in [0.3, 0.4) is 0 Å². The number of nitrogens with one attached hydrogen (secondary N) is 2. The van der Waals surface area contributed by atoms with Crippen molar-refractivity contribution in [3.8, 4) is 0 Å². The van der Waals surface area contributed by atoms with Crippen molar-refractivity contribution in [3.05, 3.63) is 58.2 Å². The molecule has 2 heterocycles. The zero-order valence-electron chi connectivity index (χ0n) is 13.3. The van der Waals surface area contributed by atoms with Crippen LogP contribution in [0.15, 0.2) is 36.4 Å². The number of rotatable bonds is 2. The Morgan fingerprint density at radius 1 is 1.25 bits per heavy atom. The number of anilines is 1. The summed E-state index contributed by atoms with van der Waals surface area (Å²) in [5.74, 6) is -0.243. The quantitative estimate of drug-likeness (QED) is 0.751. The molecule has 2 N–H and O–H groups in total. The van der Waals surface area contributed by atoms with E-state index in [0.717, 1.165) is 36.1 Å². The minimum absolute atomic E-state index is 0.243. The Kier molecular flexibility index (Phi) is 3.75. The molecule has 0 saturated carbocycles. The first-order valence-corrected chi connectivity index (χ1v) is 8.23. The highest BCUT2D eigenvalue weighted by Crippen LogP contribution is 2.24. The fraction of sp³-hybridized carbons (Fsp3) is 0.222. The van der Waals surface area contributed by atoms with Crippen LogP contribution in [0.25, 0.3) is 10.9 Å².